The standard InChI is InChI=1S/C21H21NO3/c1-12-6-7-15(21(24)22-12)13-8-10-18(23)16-4-3-5-17-19(25-2)11-9-14(13)20(16)17/h3-5,9,11,13,15H,1,6-8,10H2,2H3,(H,22,24). The lowest BCUT2D eigenvalue weighted by atomic mass is 9.77. The highest BCUT2D eigenvalue weighted by Crippen LogP contribution is 2.44. The Morgan fingerprint density at radius 1 is 1.08 bits per heavy atom. The van der Waals surface area contributed by atoms with Gasteiger partial charge in [0, 0.05) is 29.0 Å². The Morgan fingerprint density at radius 2 is 1.88 bits per heavy atom. The lowest BCUT2D eigenvalue weighted by Crippen LogP contribution is -2.37. The van der Waals surface area contributed by atoms with Crippen LogP contribution >= 0.6 is 0 Å². The number of nitrogens with one attached hydrogen (secondary N) is 1. The minimum absolute atomic E-state index is 0.0250. The number of carbonyl (C=O) groups is 2. The fraction of sp³-hybridized carbons (Fsp3) is 0.333. The van der Waals surface area contributed by atoms with Crippen molar-refractivity contribution in [3.63, 3.8) is 0 Å². The van der Waals surface area contributed by atoms with E-state index in [1.165, 1.54) is 0 Å². The van der Waals surface area contributed by atoms with Crippen molar-refractivity contribution in [3.05, 3.63) is 53.7 Å². The first-order valence-electron chi connectivity index (χ1n) is 8.71. The first-order chi connectivity index (χ1) is 12.1. The third-order valence-electron chi connectivity index (χ3n) is 5.51. The minimum atomic E-state index is -0.124. The highest BCUT2D eigenvalue weighted by molar-refractivity contribution is 6.11. The van der Waals surface area contributed by atoms with Crippen LogP contribution < -0.4 is 10.1 Å². The van der Waals surface area contributed by atoms with E-state index in [9.17, 15) is 9.59 Å². The molecule has 2 aliphatic rings. The third-order valence-corrected chi connectivity index (χ3v) is 5.51. The van der Waals surface area contributed by atoms with Gasteiger partial charge in [-0.05, 0) is 42.2 Å². The van der Waals surface area contributed by atoms with Gasteiger partial charge < -0.3 is 10.1 Å². The molecule has 1 amide bonds. The Bertz CT molecular complexity index is 899. The van der Waals surface area contributed by atoms with Gasteiger partial charge in [0.1, 0.15) is 5.75 Å². The van der Waals surface area contributed by atoms with Gasteiger partial charge in [0.25, 0.3) is 0 Å². The van der Waals surface area contributed by atoms with E-state index >= 15 is 0 Å². The Labute approximate surface area is 146 Å². The number of hydrogen-bond donors (Lipinski definition) is 1. The number of methoxy groups -OCH3 is 1. The molecule has 0 aromatic heterocycles. The molecule has 2 unspecified atom stereocenters. The molecule has 1 heterocycles. The molecule has 2 atom stereocenters. The molecule has 0 radical (unpaired) electrons. The second-order valence-corrected chi connectivity index (χ2v) is 6.89. The Hall–Kier alpha value is -2.62. The van der Waals surface area contributed by atoms with Crippen LogP contribution in [0.5, 0.6) is 5.75 Å². The lowest BCUT2D eigenvalue weighted by molar-refractivity contribution is -0.126. The molecule has 1 fully saturated rings. The molecule has 0 bridgehead atoms. The molecule has 1 N–H and O–H groups in total. The molecule has 25 heavy (non-hydrogen) atoms. The van der Waals surface area contributed by atoms with E-state index in [1.54, 1.807) is 7.11 Å². The zero-order valence-electron chi connectivity index (χ0n) is 14.3. The summed E-state index contributed by atoms with van der Waals surface area (Å²) < 4.78 is 5.50. The minimum Gasteiger partial charge on any atom is -0.496 e. The lowest BCUT2D eigenvalue weighted by Gasteiger charge is -2.31. The molecule has 2 aromatic carbocycles. The van der Waals surface area contributed by atoms with Crippen molar-refractivity contribution in [2.24, 2.45) is 5.92 Å². The molecular formula is C21H21NO3. The summed E-state index contributed by atoms with van der Waals surface area (Å²) in [5, 5.41) is 4.79. The van der Waals surface area contributed by atoms with E-state index in [0.29, 0.717) is 12.8 Å². The van der Waals surface area contributed by atoms with Gasteiger partial charge >= 0.3 is 0 Å². The van der Waals surface area contributed by atoms with Crippen molar-refractivity contribution in [2.75, 3.05) is 7.11 Å². The summed E-state index contributed by atoms with van der Waals surface area (Å²) in [6.07, 6.45) is 2.73. The number of Topliss-reactive ketones (excluding diaryl/α,β-unsaturated/α-hetero) is 1. The highest BCUT2D eigenvalue weighted by Gasteiger charge is 2.36. The molecule has 2 aromatic rings. The highest BCUT2D eigenvalue weighted by atomic mass is 16.5. The Morgan fingerprint density at radius 3 is 2.64 bits per heavy atom. The van der Waals surface area contributed by atoms with E-state index < -0.39 is 0 Å². The number of benzene rings is 2. The zero-order chi connectivity index (χ0) is 17.6. The van der Waals surface area contributed by atoms with Gasteiger partial charge in [-0.1, -0.05) is 30.8 Å². The second kappa shape index (κ2) is 6.03. The maximum absolute atomic E-state index is 12.7. The topological polar surface area (TPSA) is 55.4 Å². The summed E-state index contributed by atoms with van der Waals surface area (Å²) in [4.78, 5) is 25.3. The van der Waals surface area contributed by atoms with Gasteiger partial charge in [0.15, 0.2) is 5.78 Å². The van der Waals surface area contributed by atoms with Gasteiger partial charge in [-0.25, -0.2) is 0 Å². The van der Waals surface area contributed by atoms with E-state index in [4.69, 9.17) is 4.74 Å². The fourth-order valence-corrected chi connectivity index (χ4v) is 4.30. The second-order valence-electron chi connectivity index (χ2n) is 6.89. The van der Waals surface area contributed by atoms with Gasteiger partial charge in [0.2, 0.25) is 5.91 Å². The van der Waals surface area contributed by atoms with E-state index in [-0.39, 0.29) is 23.5 Å². The van der Waals surface area contributed by atoms with Gasteiger partial charge in [-0.2, -0.15) is 0 Å². The van der Waals surface area contributed by atoms with Crippen LogP contribution in [-0.4, -0.2) is 18.8 Å². The predicted molar refractivity (Wildman–Crippen MR) is 96.8 cm³/mol. The van der Waals surface area contributed by atoms with Crippen molar-refractivity contribution in [1.82, 2.24) is 5.32 Å². The normalized spacial score (nSPS) is 23.3. The number of ketones is 1. The van der Waals surface area contributed by atoms with Gasteiger partial charge in [-0.3, -0.25) is 9.59 Å². The van der Waals surface area contributed by atoms with Crippen LogP contribution in [0.3, 0.4) is 0 Å². The first-order valence-corrected chi connectivity index (χ1v) is 8.71. The molecule has 0 spiro atoms. The molecule has 4 heteroatoms. The molecule has 4 nitrogen and oxygen atoms in total. The number of amides is 1. The number of piperidine rings is 1. The number of allylic oxidation sites excluding steroid dienone is 1. The largest absolute Gasteiger partial charge is 0.496 e. The molecular weight excluding hydrogens is 314 g/mol. The van der Waals surface area contributed by atoms with Crippen molar-refractivity contribution in [3.8, 4) is 5.75 Å². The average Bonchev–Trinajstić information content (AvgIpc) is 2.75. The Kier molecular flexibility index (Phi) is 3.83. The van der Waals surface area contributed by atoms with Crippen LogP contribution in [0, 0.1) is 5.92 Å². The van der Waals surface area contributed by atoms with Crippen molar-refractivity contribution in [1.29, 1.82) is 0 Å². The fourth-order valence-electron chi connectivity index (χ4n) is 4.30. The SMILES string of the molecule is C=C1CCC(C2CCC(=O)c3cccc4c(OC)ccc2c34)C(=O)N1. The smallest absolute Gasteiger partial charge is 0.227 e. The van der Waals surface area contributed by atoms with Crippen LogP contribution in [0.2, 0.25) is 0 Å². The molecule has 128 valence electrons. The molecule has 1 saturated heterocycles. The average molecular weight is 335 g/mol. The molecule has 1 aliphatic heterocycles. The molecule has 0 saturated carbocycles. The van der Waals surface area contributed by atoms with Crippen LogP contribution in [0.4, 0.5) is 0 Å². The zero-order valence-corrected chi connectivity index (χ0v) is 14.3. The summed E-state index contributed by atoms with van der Waals surface area (Å²) in [5.41, 5.74) is 2.62. The van der Waals surface area contributed by atoms with E-state index in [1.807, 2.05) is 30.3 Å². The van der Waals surface area contributed by atoms with E-state index in [0.717, 1.165) is 46.2 Å². The van der Waals surface area contributed by atoms with Crippen molar-refractivity contribution < 1.29 is 14.3 Å². The predicted octanol–water partition coefficient (Wildman–Crippen LogP) is 3.95. The van der Waals surface area contributed by atoms with Crippen molar-refractivity contribution >= 4 is 22.5 Å². The van der Waals surface area contributed by atoms with Crippen LogP contribution in [0.25, 0.3) is 10.8 Å². The summed E-state index contributed by atoms with van der Waals surface area (Å²) >= 11 is 0. The Balaban J connectivity index is 1.91. The van der Waals surface area contributed by atoms with Gasteiger partial charge in [0.05, 0.1) is 7.11 Å². The summed E-state index contributed by atoms with van der Waals surface area (Å²) in [6.45, 7) is 3.87. The van der Waals surface area contributed by atoms with Crippen molar-refractivity contribution in [2.45, 2.75) is 31.6 Å². The maximum Gasteiger partial charge on any atom is 0.227 e. The molecule has 4 rings (SSSR count). The van der Waals surface area contributed by atoms with E-state index in [2.05, 4.69) is 11.9 Å². The summed E-state index contributed by atoms with van der Waals surface area (Å²) in [5.74, 6) is 0.839. The number of hydrogen-bond acceptors (Lipinski definition) is 3. The monoisotopic (exact) mass is 335 g/mol. The van der Waals surface area contributed by atoms with Crippen LogP contribution in [0.1, 0.15) is 47.5 Å². The number of carbonyl (C=O) groups excluding carboxylic acids is 2. The number of ether oxygens (including phenoxy) is 1. The number of rotatable bonds is 2. The summed E-state index contributed by atoms with van der Waals surface area (Å²) in [6, 6.07) is 9.76. The summed E-state index contributed by atoms with van der Waals surface area (Å²) in [7, 11) is 1.64. The first kappa shape index (κ1) is 15.9. The van der Waals surface area contributed by atoms with Gasteiger partial charge in [-0.15, -0.1) is 0 Å². The van der Waals surface area contributed by atoms with Crippen LogP contribution in [-0.2, 0) is 4.79 Å². The quantitative estimate of drug-likeness (QED) is 0.904. The third kappa shape index (κ3) is 2.53. The molecule has 1 aliphatic carbocycles. The van der Waals surface area contributed by atoms with Crippen LogP contribution in [0.15, 0.2) is 42.6 Å². The maximum atomic E-state index is 12.7.